The maximum absolute atomic E-state index is 12.4. The van der Waals surface area contributed by atoms with Gasteiger partial charge in [0.1, 0.15) is 9.88 Å². The Morgan fingerprint density at radius 3 is 2.59 bits per heavy atom. The number of methoxy groups -OCH3 is 1. The first-order chi connectivity index (χ1) is 12.9. The maximum Gasteiger partial charge on any atom is 0.348 e. The smallest absolute Gasteiger partial charge is 0.348 e. The predicted molar refractivity (Wildman–Crippen MR) is 101 cm³/mol. The van der Waals surface area contributed by atoms with E-state index in [9.17, 15) is 14.4 Å². The lowest BCUT2D eigenvalue weighted by Crippen LogP contribution is -2.17. The van der Waals surface area contributed by atoms with E-state index in [0.717, 1.165) is 17.0 Å². The summed E-state index contributed by atoms with van der Waals surface area (Å²) in [5.41, 5.74) is 1.50. The number of aryl methyl sites for hydroxylation is 2. The van der Waals surface area contributed by atoms with E-state index in [1.165, 1.54) is 7.11 Å². The van der Waals surface area contributed by atoms with E-state index in [1.807, 2.05) is 19.9 Å². The van der Waals surface area contributed by atoms with Crippen LogP contribution in [0.2, 0.25) is 0 Å². The average Bonchev–Trinajstić information content (AvgIpc) is 3.20. The molecule has 0 radical (unpaired) electrons. The molecule has 0 spiro atoms. The van der Waals surface area contributed by atoms with E-state index >= 15 is 0 Å². The molecular formula is C18H23N3O5S. The number of nitrogens with one attached hydrogen (secondary N) is 1. The van der Waals surface area contributed by atoms with Crippen molar-refractivity contribution in [3.63, 3.8) is 0 Å². The maximum atomic E-state index is 12.4. The van der Waals surface area contributed by atoms with E-state index in [-0.39, 0.29) is 34.4 Å². The summed E-state index contributed by atoms with van der Waals surface area (Å²) in [4.78, 5) is 36.9. The molecule has 27 heavy (non-hydrogen) atoms. The molecule has 1 amide bonds. The molecule has 0 saturated carbocycles. The lowest BCUT2D eigenvalue weighted by atomic mass is 10.1. The quantitative estimate of drug-likeness (QED) is 0.692. The second-order valence-corrected chi connectivity index (χ2v) is 6.93. The molecule has 1 N–H and O–H groups in total. The van der Waals surface area contributed by atoms with Crippen LogP contribution in [0.25, 0.3) is 0 Å². The van der Waals surface area contributed by atoms with Crippen LogP contribution in [0.15, 0.2) is 12.3 Å². The number of anilines is 1. The molecule has 146 valence electrons. The number of esters is 2. The number of nitrogens with zero attached hydrogens (tertiary/aromatic N) is 2. The van der Waals surface area contributed by atoms with Gasteiger partial charge >= 0.3 is 11.9 Å². The Morgan fingerprint density at radius 1 is 1.26 bits per heavy atom. The zero-order chi connectivity index (χ0) is 20.0. The van der Waals surface area contributed by atoms with Crippen LogP contribution in [0.4, 0.5) is 5.00 Å². The summed E-state index contributed by atoms with van der Waals surface area (Å²) in [6, 6.07) is 1.85. The van der Waals surface area contributed by atoms with Crippen molar-refractivity contribution in [3.8, 4) is 0 Å². The number of hydrogen-bond donors (Lipinski definition) is 1. The van der Waals surface area contributed by atoms with Crippen molar-refractivity contribution < 1.29 is 23.9 Å². The van der Waals surface area contributed by atoms with Gasteiger partial charge in [-0.1, -0.05) is 6.92 Å². The Kier molecular flexibility index (Phi) is 7.12. The molecule has 0 aliphatic rings. The third kappa shape index (κ3) is 5.16. The minimum absolute atomic E-state index is 0.176. The fourth-order valence-corrected chi connectivity index (χ4v) is 3.52. The van der Waals surface area contributed by atoms with Gasteiger partial charge in [0.05, 0.1) is 25.0 Å². The van der Waals surface area contributed by atoms with Gasteiger partial charge < -0.3 is 14.8 Å². The standard InChI is InChI=1S/C18H23N3O5S/c1-5-10-26-17(23)14-12(3)15(18(24)25-4)27-16(14)19-13(22)7-9-21-8-6-11(2)20-21/h6,8H,5,7,9-10H2,1-4H3,(H,19,22). The van der Waals surface area contributed by atoms with Crippen molar-refractivity contribution in [2.45, 2.75) is 40.2 Å². The van der Waals surface area contributed by atoms with Crippen molar-refractivity contribution >= 4 is 34.2 Å². The summed E-state index contributed by atoms with van der Waals surface area (Å²) in [5.74, 6) is -1.42. The van der Waals surface area contributed by atoms with Gasteiger partial charge in [0.2, 0.25) is 5.91 Å². The molecule has 0 aliphatic heterocycles. The van der Waals surface area contributed by atoms with Crippen molar-refractivity contribution in [1.29, 1.82) is 0 Å². The number of carbonyl (C=O) groups is 3. The highest BCUT2D eigenvalue weighted by Gasteiger charge is 2.27. The van der Waals surface area contributed by atoms with Gasteiger partial charge in [0, 0.05) is 19.2 Å². The highest BCUT2D eigenvalue weighted by Crippen LogP contribution is 2.34. The second kappa shape index (κ2) is 9.31. The molecule has 8 nitrogen and oxygen atoms in total. The minimum Gasteiger partial charge on any atom is -0.465 e. The first-order valence-corrected chi connectivity index (χ1v) is 9.37. The average molecular weight is 393 g/mol. The third-order valence-corrected chi connectivity index (χ3v) is 4.94. The first-order valence-electron chi connectivity index (χ1n) is 8.56. The van der Waals surface area contributed by atoms with Crippen LogP contribution >= 0.6 is 11.3 Å². The van der Waals surface area contributed by atoms with Crippen molar-refractivity contribution in [3.05, 3.63) is 34.0 Å². The Hall–Kier alpha value is -2.68. The van der Waals surface area contributed by atoms with Gasteiger partial charge in [-0.2, -0.15) is 5.10 Å². The fraction of sp³-hybridized carbons (Fsp3) is 0.444. The van der Waals surface area contributed by atoms with Crippen LogP contribution in [0, 0.1) is 13.8 Å². The zero-order valence-electron chi connectivity index (χ0n) is 15.8. The van der Waals surface area contributed by atoms with Gasteiger partial charge in [0.25, 0.3) is 0 Å². The van der Waals surface area contributed by atoms with Gasteiger partial charge in [0.15, 0.2) is 0 Å². The Balaban J connectivity index is 2.18. The molecule has 0 unspecified atom stereocenters. The summed E-state index contributed by atoms with van der Waals surface area (Å²) in [6.07, 6.45) is 2.64. The summed E-state index contributed by atoms with van der Waals surface area (Å²) < 4.78 is 11.6. The topological polar surface area (TPSA) is 99.5 Å². The highest BCUT2D eigenvalue weighted by atomic mass is 32.1. The van der Waals surface area contributed by atoms with Crippen LogP contribution in [-0.2, 0) is 20.8 Å². The SMILES string of the molecule is CCCOC(=O)c1c(NC(=O)CCn2ccc(C)n2)sc(C(=O)OC)c1C. The van der Waals surface area contributed by atoms with E-state index < -0.39 is 11.9 Å². The van der Waals surface area contributed by atoms with Crippen LogP contribution in [-0.4, -0.2) is 41.3 Å². The van der Waals surface area contributed by atoms with E-state index in [2.05, 4.69) is 10.4 Å². The zero-order valence-corrected chi connectivity index (χ0v) is 16.6. The summed E-state index contributed by atoms with van der Waals surface area (Å²) >= 11 is 1.00. The number of hydrogen-bond acceptors (Lipinski definition) is 7. The molecule has 0 aromatic carbocycles. The first kappa shape index (κ1) is 20.6. The molecule has 0 fully saturated rings. The molecule has 0 bridgehead atoms. The molecule has 0 aliphatic carbocycles. The fourth-order valence-electron chi connectivity index (χ4n) is 2.39. The normalized spacial score (nSPS) is 10.5. The molecule has 2 aromatic heterocycles. The highest BCUT2D eigenvalue weighted by molar-refractivity contribution is 7.18. The van der Waals surface area contributed by atoms with Crippen LogP contribution in [0.3, 0.4) is 0 Å². The lowest BCUT2D eigenvalue weighted by Gasteiger charge is -2.08. The van der Waals surface area contributed by atoms with Gasteiger partial charge in [-0.3, -0.25) is 9.48 Å². The van der Waals surface area contributed by atoms with Gasteiger partial charge in [-0.15, -0.1) is 11.3 Å². The number of amides is 1. The molecule has 2 aromatic rings. The molecular weight excluding hydrogens is 370 g/mol. The number of ether oxygens (including phenoxy) is 2. The van der Waals surface area contributed by atoms with Crippen LogP contribution < -0.4 is 5.32 Å². The Bertz CT molecular complexity index is 840. The third-order valence-electron chi connectivity index (χ3n) is 3.75. The second-order valence-electron chi connectivity index (χ2n) is 5.91. The van der Waals surface area contributed by atoms with Crippen LogP contribution in [0.1, 0.15) is 51.1 Å². The monoisotopic (exact) mass is 393 g/mol. The van der Waals surface area contributed by atoms with E-state index in [4.69, 9.17) is 9.47 Å². The predicted octanol–water partition coefficient (Wildman–Crippen LogP) is 2.94. The molecule has 0 atom stereocenters. The van der Waals surface area contributed by atoms with Crippen molar-refractivity contribution in [2.24, 2.45) is 0 Å². The summed E-state index contributed by atoms with van der Waals surface area (Å²) in [5, 5.41) is 7.23. The summed E-state index contributed by atoms with van der Waals surface area (Å²) in [7, 11) is 1.26. The number of carbonyl (C=O) groups excluding carboxylic acids is 3. The number of rotatable bonds is 8. The molecule has 2 rings (SSSR count). The van der Waals surface area contributed by atoms with Gasteiger partial charge in [-0.25, -0.2) is 9.59 Å². The van der Waals surface area contributed by atoms with Crippen molar-refractivity contribution in [1.82, 2.24) is 9.78 Å². The minimum atomic E-state index is -0.571. The lowest BCUT2D eigenvalue weighted by molar-refractivity contribution is -0.116. The van der Waals surface area contributed by atoms with E-state index in [0.29, 0.717) is 18.5 Å². The van der Waals surface area contributed by atoms with Crippen LogP contribution in [0.5, 0.6) is 0 Å². The molecule has 2 heterocycles. The number of aromatic nitrogens is 2. The largest absolute Gasteiger partial charge is 0.465 e. The van der Waals surface area contributed by atoms with Gasteiger partial charge in [-0.05, 0) is 31.9 Å². The molecule has 0 saturated heterocycles. The Morgan fingerprint density at radius 2 is 2.00 bits per heavy atom. The molecule has 9 heteroatoms. The van der Waals surface area contributed by atoms with Crippen molar-refractivity contribution in [2.75, 3.05) is 19.0 Å². The Labute approximate surface area is 161 Å². The summed E-state index contributed by atoms with van der Waals surface area (Å²) in [6.45, 7) is 6.05. The van der Waals surface area contributed by atoms with E-state index in [1.54, 1.807) is 17.8 Å². The number of thiophene rings is 1.